The zero-order valence-electron chi connectivity index (χ0n) is 19.1. The number of hydrogen-bond donors (Lipinski definition) is 3. The lowest BCUT2D eigenvalue weighted by Crippen LogP contribution is -2.58. The first-order valence-corrected chi connectivity index (χ1v) is 12.1. The summed E-state index contributed by atoms with van der Waals surface area (Å²) in [5, 5.41) is 17.8. The number of benzene rings is 1. The van der Waals surface area contributed by atoms with Crippen LogP contribution in [0.15, 0.2) is 30.3 Å². The summed E-state index contributed by atoms with van der Waals surface area (Å²) in [5.74, 6) is 0.212. The number of hydrogen-bond acceptors (Lipinski definition) is 3. The maximum atomic E-state index is 12.7. The molecule has 170 valence electrons. The molecule has 0 aromatic heterocycles. The molecule has 31 heavy (non-hydrogen) atoms. The van der Waals surface area contributed by atoms with Crippen LogP contribution in [0.4, 0.5) is 0 Å². The molecule has 0 saturated heterocycles. The number of carbonyl (C=O) groups excluding carboxylic acids is 2. The fourth-order valence-corrected chi connectivity index (χ4v) is 6.29. The summed E-state index contributed by atoms with van der Waals surface area (Å²) >= 11 is 0. The van der Waals surface area contributed by atoms with Gasteiger partial charge in [-0.2, -0.15) is 0 Å². The SMILES string of the molecule is C[C@H]1[C@@H]2[C@@H](O)C([C@H](C)C(=O)NC3CC3)CC[C@@]2(C)CC[C@@H]1NC(=O)Cc1ccccc1. The second-order valence-corrected chi connectivity index (χ2v) is 10.7. The monoisotopic (exact) mass is 426 g/mol. The van der Waals surface area contributed by atoms with Crippen LogP contribution < -0.4 is 10.6 Å². The van der Waals surface area contributed by atoms with Crippen molar-refractivity contribution in [2.45, 2.75) is 83.9 Å². The van der Waals surface area contributed by atoms with Crippen LogP contribution in [-0.4, -0.2) is 35.1 Å². The van der Waals surface area contributed by atoms with E-state index in [0.717, 1.165) is 44.1 Å². The van der Waals surface area contributed by atoms with Gasteiger partial charge in [-0.05, 0) is 67.3 Å². The van der Waals surface area contributed by atoms with E-state index in [9.17, 15) is 14.7 Å². The Hall–Kier alpha value is -1.88. The van der Waals surface area contributed by atoms with Crippen molar-refractivity contribution in [1.82, 2.24) is 10.6 Å². The van der Waals surface area contributed by atoms with Gasteiger partial charge in [0.15, 0.2) is 0 Å². The van der Waals surface area contributed by atoms with E-state index in [1.807, 2.05) is 37.3 Å². The van der Waals surface area contributed by atoms with Gasteiger partial charge in [-0.25, -0.2) is 0 Å². The zero-order chi connectivity index (χ0) is 22.2. The van der Waals surface area contributed by atoms with E-state index in [1.54, 1.807) is 0 Å². The predicted molar refractivity (Wildman–Crippen MR) is 121 cm³/mol. The minimum Gasteiger partial charge on any atom is -0.392 e. The largest absolute Gasteiger partial charge is 0.392 e. The Labute approximate surface area is 186 Å². The van der Waals surface area contributed by atoms with E-state index in [4.69, 9.17) is 0 Å². The number of aliphatic hydroxyl groups is 1. The van der Waals surface area contributed by atoms with Crippen LogP contribution in [-0.2, 0) is 16.0 Å². The van der Waals surface area contributed by atoms with Crippen LogP contribution in [0.2, 0.25) is 0 Å². The molecule has 3 N–H and O–H groups in total. The molecule has 4 rings (SSSR count). The van der Waals surface area contributed by atoms with E-state index in [-0.39, 0.29) is 46.9 Å². The highest BCUT2D eigenvalue weighted by Gasteiger charge is 2.54. The summed E-state index contributed by atoms with van der Waals surface area (Å²) in [6.07, 6.45) is 5.91. The van der Waals surface area contributed by atoms with Crippen LogP contribution in [0.1, 0.15) is 64.9 Å². The maximum Gasteiger partial charge on any atom is 0.224 e. The molecule has 3 aliphatic rings. The van der Waals surface area contributed by atoms with Crippen molar-refractivity contribution in [2.24, 2.45) is 29.1 Å². The molecule has 0 bridgehead atoms. The molecule has 3 fully saturated rings. The van der Waals surface area contributed by atoms with Gasteiger partial charge in [0.1, 0.15) is 0 Å². The predicted octanol–water partition coefficient (Wildman–Crippen LogP) is 3.45. The van der Waals surface area contributed by atoms with Gasteiger partial charge in [0.05, 0.1) is 12.5 Å². The first-order chi connectivity index (χ1) is 14.8. The third-order valence-electron chi connectivity index (χ3n) is 8.42. The molecular weight excluding hydrogens is 388 g/mol. The summed E-state index contributed by atoms with van der Waals surface area (Å²) in [6.45, 7) is 6.45. The molecule has 7 atom stereocenters. The molecule has 0 heterocycles. The third-order valence-corrected chi connectivity index (χ3v) is 8.42. The second kappa shape index (κ2) is 8.93. The van der Waals surface area contributed by atoms with Gasteiger partial charge >= 0.3 is 0 Å². The molecule has 2 amide bonds. The molecule has 1 aromatic rings. The highest BCUT2D eigenvalue weighted by molar-refractivity contribution is 5.79. The van der Waals surface area contributed by atoms with E-state index >= 15 is 0 Å². The third kappa shape index (κ3) is 4.82. The van der Waals surface area contributed by atoms with Gasteiger partial charge in [0.2, 0.25) is 11.8 Å². The standard InChI is InChI=1S/C26H38N2O3/c1-16(25(31)27-19-9-10-19)20-11-13-26(3)14-12-21(17(2)23(26)24(20)30)28-22(29)15-18-7-5-4-6-8-18/h4-8,16-17,19-21,23-24,30H,9-15H2,1-3H3,(H,27,31)(H,28,29)/t16-,17+,20?,21-,23+,24-,26-/m0/s1. The topological polar surface area (TPSA) is 78.4 Å². The smallest absolute Gasteiger partial charge is 0.224 e. The Morgan fingerprint density at radius 1 is 1.10 bits per heavy atom. The molecule has 1 aromatic carbocycles. The van der Waals surface area contributed by atoms with Crippen molar-refractivity contribution in [3.63, 3.8) is 0 Å². The van der Waals surface area contributed by atoms with Crippen molar-refractivity contribution < 1.29 is 14.7 Å². The lowest BCUT2D eigenvalue weighted by molar-refractivity contribution is -0.143. The van der Waals surface area contributed by atoms with Gasteiger partial charge in [-0.1, -0.05) is 51.1 Å². The fourth-order valence-electron chi connectivity index (χ4n) is 6.29. The van der Waals surface area contributed by atoms with E-state index in [2.05, 4.69) is 24.5 Å². The number of rotatable bonds is 6. The number of aliphatic hydroxyl groups excluding tert-OH is 1. The lowest BCUT2D eigenvalue weighted by atomic mass is 9.51. The van der Waals surface area contributed by atoms with Gasteiger partial charge in [-0.15, -0.1) is 0 Å². The zero-order valence-corrected chi connectivity index (χ0v) is 19.1. The van der Waals surface area contributed by atoms with Crippen LogP contribution in [0.25, 0.3) is 0 Å². The van der Waals surface area contributed by atoms with Crippen LogP contribution in [0.3, 0.4) is 0 Å². The Kier molecular flexibility index (Phi) is 6.43. The summed E-state index contributed by atoms with van der Waals surface area (Å²) in [7, 11) is 0. The maximum absolute atomic E-state index is 12.7. The molecular formula is C26H38N2O3. The Morgan fingerprint density at radius 2 is 1.77 bits per heavy atom. The Bertz CT molecular complexity index is 793. The Morgan fingerprint density at radius 3 is 2.45 bits per heavy atom. The van der Waals surface area contributed by atoms with E-state index in [1.165, 1.54) is 0 Å². The Balaban J connectivity index is 1.42. The quantitative estimate of drug-likeness (QED) is 0.652. The minimum absolute atomic E-state index is 0.0157. The molecule has 0 radical (unpaired) electrons. The summed E-state index contributed by atoms with van der Waals surface area (Å²) < 4.78 is 0. The fraction of sp³-hybridized carbons (Fsp3) is 0.692. The molecule has 0 aliphatic heterocycles. The van der Waals surface area contributed by atoms with Crippen molar-refractivity contribution in [1.29, 1.82) is 0 Å². The first-order valence-electron chi connectivity index (χ1n) is 12.1. The summed E-state index contributed by atoms with van der Waals surface area (Å²) in [4.78, 5) is 25.4. The molecule has 5 nitrogen and oxygen atoms in total. The van der Waals surface area contributed by atoms with Gasteiger partial charge in [0, 0.05) is 18.0 Å². The van der Waals surface area contributed by atoms with Crippen LogP contribution in [0, 0.1) is 29.1 Å². The van der Waals surface area contributed by atoms with Gasteiger partial charge < -0.3 is 15.7 Å². The number of nitrogens with one attached hydrogen (secondary N) is 2. The number of fused-ring (bicyclic) bond motifs is 1. The molecule has 3 saturated carbocycles. The highest BCUT2D eigenvalue weighted by Crippen LogP contribution is 2.55. The lowest BCUT2D eigenvalue weighted by Gasteiger charge is -2.56. The van der Waals surface area contributed by atoms with Crippen LogP contribution in [0.5, 0.6) is 0 Å². The number of amides is 2. The minimum atomic E-state index is -0.512. The molecule has 3 aliphatic carbocycles. The average Bonchev–Trinajstić information content (AvgIpc) is 3.54. The van der Waals surface area contributed by atoms with Crippen molar-refractivity contribution in [2.75, 3.05) is 0 Å². The molecule has 1 unspecified atom stereocenters. The van der Waals surface area contributed by atoms with Crippen LogP contribution >= 0.6 is 0 Å². The number of carbonyl (C=O) groups is 2. The summed E-state index contributed by atoms with van der Waals surface area (Å²) in [5.41, 5.74) is 1.09. The highest BCUT2D eigenvalue weighted by atomic mass is 16.3. The van der Waals surface area contributed by atoms with Gasteiger partial charge in [0.25, 0.3) is 0 Å². The van der Waals surface area contributed by atoms with E-state index in [0.29, 0.717) is 12.5 Å². The average molecular weight is 427 g/mol. The normalized spacial score (nSPS) is 36.2. The molecule has 5 heteroatoms. The van der Waals surface area contributed by atoms with Crippen molar-refractivity contribution >= 4 is 11.8 Å². The van der Waals surface area contributed by atoms with Gasteiger partial charge in [-0.3, -0.25) is 9.59 Å². The van der Waals surface area contributed by atoms with Crippen molar-refractivity contribution in [3.05, 3.63) is 35.9 Å². The first kappa shape index (κ1) is 22.3. The molecule has 0 spiro atoms. The second-order valence-electron chi connectivity index (χ2n) is 10.7. The van der Waals surface area contributed by atoms with E-state index < -0.39 is 6.10 Å². The van der Waals surface area contributed by atoms with Crippen molar-refractivity contribution in [3.8, 4) is 0 Å². The summed E-state index contributed by atoms with van der Waals surface area (Å²) in [6, 6.07) is 10.2.